The SMILES string of the molecule is CN(CCO)C(=O)c1cc(N)c(Cl)cc1Cl. The van der Waals surface area contributed by atoms with E-state index in [4.69, 9.17) is 34.0 Å². The van der Waals surface area contributed by atoms with Crippen molar-refractivity contribution in [2.75, 3.05) is 25.9 Å². The van der Waals surface area contributed by atoms with Crippen LogP contribution in [0.1, 0.15) is 10.4 Å². The van der Waals surface area contributed by atoms with E-state index >= 15 is 0 Å². The molecule has 4 nitrogen and oxygen atoms in total. The molecular weight excluding hydrogens is 251 g/mol. The predicted molar refractivity (Wildman–Crippen MR) is 64.9 cm³/mol. The number of likely N-dealkylation sites (N-methyl/N-ethyl adjacent to an activating group) is 1. The molecule has 0 saturated carbocycles. The van der Waals surface area contributed by atoms with Crippen molar-refractivity contribution in [3.8, 4) is 0 Å². The number of hydrogen-bond donors (Lipinski definition) is 2. The second-order valence-electron chi connectivity index (χ2n) is 3.30. The Bertz CT molecular complexity index is 410. The number of nitrogen functional groups attached to an aromatic ring is 1. The van der Waals surface area contributed by atoms with E-state index in [1.807, 2.05) is 0 Å². The van der Waals surface area contributed by atoms with Crippen molar-refractivity contribution in [1.82, 2.24) is 4.90 Å². The van der Waals surface area contributed by atoms with Crippen molar-refractivity contribution in [2.24, 2.45) is 0 Å². The second kappa shape index (κ2) is 5.39. The lowest BCUT2D eigenvalue weighted by Crippen LogP contribution is -2.29. The molecule has 0 aromatic heterocycles. The van der Waals surface area contributed by atoms with Gasteiger partial charge in [0.2, 0.25) is 0 Å². The minimum atomic E-state index is -0.303. The Labute approximate surface area is 104 Å². The van der Waals surface area contributed by atoms with Crippen molar-refractivity contribution < 1.29 is 9.90 Å². The van der Waals surface area contributed by atoms with E-state index in [2.05, 4.69) is 0 Å². The van der Waals surface area contributed by atoms with Crippen LogP contribution in [0.5, 0.6) is 0 Å². The third kappa shape index (κ3) is 2.78. The maximum absolute atomic E-state index is 11.9. The minimum Gasteiger partial charge on any atom is -0.398 e. The Morgan fingerprint density at radius 2 is 2.06 bits per heavy atom. The summed E-state index contributed by atoms with van der Waals surface area (Å²) in [5.41, 5.74) is 6.17. The molecule has 0 saturated heterocycles. The molecule has 1 rings (SSSR count). The topological polar surface area (TPSA) is 66.6 Å². The highest BCUT2D eigenvalue weighted by Crippen LogP contribution is 2.27. The van der Waals surface area contributed by atoms with Crippen LogP contribution < -0.4 is 5.73 Å². The van der Waals surface area contributed by atoms with E-state index in [1.54, 1.807) is 7.05 Å². The average Bonchev–Trinajstić information content (AvgIpc) is 2.23. The molecule has 6 heteroatoms. The summed E-state index contributed by atoms with van der Waals surface area (Å²) in [5.74, 6) is -0.303. The second-order valence-corrected chi connectivity index (χ2v) is 4.12. The molecule has 3 N–H and O–H groups in total. The smallest absolute Gasteiger partial charge is 0.255 e. The summed E-state index contributed by atoms with van der Waals surface area (Å²) in [6.45, 7) is 0.126. The van der Waals surface area contributed by atoms with Crippen molar-refractivity contribution >= 4 is 34.8 Å². The highest BCUT2D eigenvalue weighted by molar-refractivity contribution is 6.38. The van der Waals surface area contributed by atoms with Crippen molar-refractivity contribution in [3.63, 3.8) is 0 Å². The van der Waals surface area contributed by atoms with Crippen LogP contribution in [0.3, 0.4) is 0 Å². The van der Waals surface area contributed by atoms with Gasteiger partial charge in [0.05, 0.1) is 27.9 Å². The molecule has 0 radical (unpaired) electrons. The molecule has 0 fully saturated rings. The number of nitrogens with zero attached hydrogens (tertiary/aromatic N) is 1. The fraction of sp³-hybridized carbons (Fsp3) is 0.300. The zero-order valence-electron chi connectivity index (χ0n) is 8.70. The van der Waals surface area contributed by atoms with Gasteiger partial charge < -0.3 is 15.7 Å². The predicted octanol–water partition coefficient (Wildman–Crippen LogP) is 1.64. The minimum absolute atomic E-state index is 0.108. The van der Waals surface area contributed by atoms with Gasteiger partial charge in [-0.2, -0.15) is 0 Å². The fourth-order valence-corrected chi connectivity index (χ4v) is 1.65. The maximum Gasteiger partial charge on any atom is 0.255 e. The Balaban J connectivity index is 3.04. The third-order valence-electron chi connectivity index (χ3n) is 2.10. The van der Waals surface area contributed by atoms with Crippen molar-refractivity contribution in [3.05, 3.63) is 27.7 Å². The maximum atomic E-state index is 11.9. The first-order chi connectivity index (χ1) is 7.47. The number of rotatable bonds is 3. The number of benzene rings is 1. The Morgan fingerprint density at radius 3 is 2.62 bits per heavy atom. The molecule has 0 bridgehead atoms. The van der Waals surface area contributed by atoms with Crippen LogP contribution >= 0.6 is 23.2 Å². The van der Waals surface area contributed by atoms with Gasteiger partial charge in [-0.15, -0.1) is 0 Å². The van der Waals surface area contributed by atoms with Gasteiger partial charge in [-0.1, -0.05) is 23.2 Å². The third-order valence-corrected chi connectivity index (χ3v) is 2.74. The molecular formula is C10H12Cl2N2O2. The van der Waals surface area contributed by atoms with Crippen molar-refractivity contribution in [1.29, 1.82) is 0 Å². The lowest BCUT2D eigenvalue weighted by Gasteiger charge is -2.17. The van der Waals surface area contributed by atoms with Gasteiger partial charge in [0.15, 0.2) is 0 Å². The normalized spacial score (nSPS) is 10.2. The zero-order valence-corrected chi connectivity index (χ0v) is 10.2. The first-order valence-electron chi connectivity index (χ1n) is 4.58. The van der Waals surface area contributed by atoms with Gasteiger partial charge in [0, 0.05) is 13.6 Å². The van der Waals surface area contributed by atoms with E-state index in [0.717, 1.165) is 0 Å². The van der Waals surface area contributed by atoms with Gasteiger partial charge in [-0.05, 0) is 12.1 Å². The number of aliphatic hydroxyl groups excluding tert-OH is 1. The molecule has 0 spiro atoms. The molecule has 0 unspecified atom stereocenters. The Morgan fingerprint density at radius 1 is 1.44 bits per heavy atom. The number of aliphatic hydroxyl groups is 1. The lowest BCUT2D eigenvalue weighted by molar-refractivity contribution is 0.0767. The summed E-state index contributed by atoms with van der Waals surface area (Å²) >= 11 is 11.6. The van der Waals surface area contributed by atoms with E-state index in [0.29, 0.717) is 10.7 Å². The molecule has 1 amide bonds. The molecule has 0 aliphatic heterocycles. The lowest BCUT2D eigenvalue weighted by atomic mass is 10.1. The monoisotopic (exact) mass is 262 g/mol. The van der Waals surface area contributed by atoms with Gasteiger partial charge in [0.25, 0.3) is 5.91 Å². The van der Waals surface area contributed by atoms with Crippen molar-refractivity contribution in [2.45, 2.75) is 0 Å². The largest absolute Gasteiger partial charge is 0.398 e. The first kappa shape index (κ1) is 13.1. The number of hydrogen-bond acceptors (Lipinski definition) is 3. The first-order valence-corrected chi connectivity index (χ1v) is 5.33. The molecule has 1 aromatic rings. The van der Waals surface area contributed by atoms with Gasteiger partial charge in [0.1, 0.15) is 0 Å². The summed E-state index contributed by atoms with van der Waals surface area (Å²) in [6, 6.07) is 2.86. The molecule has 16 heavy (non-hydrogen) atoms. The highest BCUT2D eigenvalue weighted by atomic mass is 35.5. The van der Waals surface area contributed by atoms with Crippen LogP contribution in [0.15, 0.2) is 12.1 Å². The summed E-state index contributed by atoms with van der Waals surface area (Å²) < 4.78 is 0. The van der Waals surface area contributed by atoms with Crippen LogP contribution in [0.2, 0.25) is 10.0 Å². The summed E-state index contributed by atoms with van der Waals surface area (Å²) in [5, 5.41) is 9.28. The zero-order chi connectivity index (χ0) is 12.3. The molecule has 88 valence electrons. The number of anilines is 1. The number of carbonyl (C=O) groups is 1. The molecule has 0 aliphatic rings. The summed E-state index contributed by atoms with van der Waals surface area (Å²) in [4.78, 5) is 13.2. The fourth-order valence-electron chi connectivity index (χ4n) is 1.19. The van der Waals surface area contributed by atoms with Gasteiger partial charge in [-0.3, -0.25) is 4.79 Å². The summed E-state index contributed by atoms with van der Waals surface area (Å²) in [6.07, 6.45) is 0. The van der Waals surface area contributed by atoms with Crippen LogP contribution in [-0.2, 0) is 0 Å². The average molecular weight is 263 g/mol. The van der Waals surface area contributed by atoms with Crippen LogP contribution in [0, 0.1) is 0 Å². The van der Waals surface area contributed by atoms with Crippen LogP contribution in [-0.4, -0.2) is 36.1 Å². The van der Waals surface area contributed by atoms with E-state index in [-0.39, 0.29) is 29.6 Å². The summed E-state index contributed by atoms with van der Waals surface area (Å²) in [7, 11) is 1.57. The standard InChI is InChI=1S/C10H12Cl2N2O2/c1-14(2-3-15)10(16)6-4-9(13)8(12)5-7(6)11/h4-5,15H,2-3,13H2,1H3. The number of halogens is 2. The number of carbonyl (C=O) groups excluding carboxylic acids is 1. The number of amides is 1. The van der Waals surface area contributed by atoms with E-state index < -0.39 is 0 Å². The Hall–Kier alpha value is -0.970. The van der Waals surface area contributed by atoms with Gasteiger partial charge >= 0.3 is 0 Å². The molecule has 0 aliphatic carbocycles. The molecule has 1 aromatic carbocycles. The quantitative estimate of drug-likeness (QED) is 0.814. The highest BCUT2D eigenvalue weighted by Gasteiger charge is 2.16. The van der Waals surface area contributed by atoms with Gasteiger partial charge in [-0.25, -0.2) is 0 Å². The molecule has 0 atom stereocenters. The molecule has 0 heterocycles. The van der Waals surface area contributed by atoms with E-state index in [9.17, 15) is 4.79 Å². The van der Waals surface area contributed by atoms with Crippen LogP contribution in [0.4, 0.5) is 5.69 Å². The van der Waals surface area contributed by atoms with Crippen LogP contribution in [0.25, 0.3) is 0 Å². The number of nitrogens with two attached hydrogens (primary N) is 1. The van der Waals surface area contributed by atoms with E-state index in [1.165, 1.54) is 17.0 Å². The Kier molecular flexibility index (Phi) is 4.41.